The van der Waals surface area contributed by atoms with Crippen LogP contribution in [0.3, 0.4) is 0 Å². The molecule has 1 heteroatoms. The zero-order valence-corrected chi connectivity index (χ0v) is 7.28. The molecule has 0 atom stereocenters. The molecule has 0 aromatic carbocycles. The number of hydrogen-bond donors (Lipinski definition) is 1. The molecule has 0 bridgehead atoms. The van der Waals surface area contributed by atoms with Crippen LogP contribution in [0, 0.1) is 0 Å². The maximum Gasteiger partial charge on any atom is 0.00335 e. The standard InChI is InChI=1S/C5H13N.C3H8/c1-3-5(6)4-2;1-3-2/h5H,3-4,6H2,1-2H3;3H2,1-2H3. The zero-order valence-electron chi connectivity index (χ0n) is 7.28. The van der Waals surface area contributed by atoms with E-state index in [1.165, 1.54) is 6.42 Å². The molecule has 0 fully saturated rings. The monoisotopic (exact) mass is 131 g/mol. The van der Waals surface area contributed by atoms with Gasteiger partial charge in [-0.15, -0.1) is 0 Å². The second-order valence-electron chi connectivity index (χ2n) is 2.28. The maximum atomic E-state index is 5.47. The van der Waals surface area contributed by atoms with Crippen molar-refractivity contribution in [2.24, 2.45) is 5.73 Å². The van der Waals surface area contributed by atoms with Crippen LogP contribution < -0.4 is 5.73 Å². The Kier molecular flexibility index (Phi) is 14.1. The van der Waals surface area contributed by atoms with Crippen molar-refractivity contribution >= 4 is 0 Å². The van der Waals surface area contributed by atoms with Crippen LogP contribution in [0.1, 0.15) is 47.0 Å². The van der Waals surface area contributed by atoms with E-state index in [0.717, 1.165) is 12.8 Å². The van der Waals surface area contributed by atoms with E-state index in [-0.39, 0.29) is 0 Å². The fourth-order valence-corrected chi connectivity index (χ4v) is 0.289. The molecule has 0 amide bonds. The molecule has 0 aromatic rings. The lowest BCUT2D eigenvalue weighted by molar-refractivity contribution is 0.629. The molecule has 0 unspecified atom stereocenters. The lowest BCUT2D eigenvalue weighted by atomic mass is 10.2. The van der Waals surface area contributed by atoms with Gasteiger partial charge in [0.2, 0.25) is 0 Å². The highest BCUT2D eigenvalue weighted by Crippen LogP contribution is 1.88. The quantitative estimate of drug-likeness (QED) is 0.612. The highest BCUT2D eigenvalue weighted by molar-refractivity contribution is 4.51. The molecule has 0 spiro atoms. The minimum Gasteiger partial charge on any atom is -0.328 e. The van der Waals surface area contributed by atoms with Crippen molar-refractivity contribution in [1.29, 1.82) is 0 Å². The van der Waals surface area contributed by atoms with E-state index in [4.69, 9.17) is 5.73 Å². The SMILES string of the molecule is CCC.CCC(N)CC. The normalized spacial score (nSPS) is 8.67. The summed E-state index contributed by atoms with van der Waals surface area (Å²) in [6.07, 6.45) is 3.47. The molecule has 0 saturated carbocycles. The van der Waals surface area contributed by atoms with Gasteiger partial charge in [-0.05, 0) is 12.8 Å². The lowest BCUT2D eigenvalue weighted by Crippen LogP contribution is -2.16. The van der Waals surface area contributed by atoms with Gasteiger partial charge >= 0.3 is 0 Å². The van der Waals surface area contributed by atoms with E-state index in [9.17, 15) is 0 Å². The Balaban J connectivity index is 0. The first-order valence-corrected chi connectivity index (χ1v) is 3.98. The number of hydrogen-bond acceptors (Lipinski definition) is 1. The van der Waals surface area contributed by atoms with Gasteiger partial charge in [-0.2, -0.15) is 0 Å². The summed E-state index contributed by atoms with van der Waals surface area (Å²) in [5.74, 6) is 0. The molecular formula is C8H21N. The Labute approximate surface area is 59.6 Å². The van der Waals surface area contributed by atoms with E-state index in [2.05, 4.69) is 27.7 Å². The van der Waals surface area contributed by atoms with E-state index in [0.29, 0.717) is 6.04 Å². The summed E-state index contributed by atoms with van der Waals surface area (Å²) in [4.78, 5) is 0. The van der Waals surface area contributed by atoms with Gasteiger partial charge in [0.1, 0.15) is 0 Å². The van der Waals surface area contributed by atoms with Crippen molar-refractivity contribution in [3.63, 3.8) is 0 Å². The number of nitrogens with two attached hydrogens (primary N) is 1. The molecule has 0 radical (unpaired) electrons. The minimum absolute atomic E-state index is 0.435. The fourth-order valence-electron chi connectivity index (χ4n) is 0.289. The van der Waals surface area contributed by atoms with Crippen LogP contribution in [-0.4, -0.2) is 6.04 Å². The fraction of sp³-hybridized carbons (Fsp3) is 1.00. The lowest BCUT2D eigenvalue weighted by Gasteiger charge is -1.99. The molecule has 9 heavy (non-hydrogen) atoms. The van der Waals surface area contributed by atoms with Crippen LogP contribution in [-0.2, 0) is 0 Å². The predicted molar refractivity (Wildman–Crippen MR) is 44.5 cm³/mol. The van der Waals surface area contributed by atoms with Gasteiger partial charge in [-0.25, -0.2) is 0 Å². The molecule has 0 aliphatic heterocycles. The summed E-state index contributed by atoms with van der Waals surface area (Å²) in [6.45, 7) is 8.46. The van der Waals surface area contributed by atoms with Crippen molar-refractivity contribution in [2.45, 2.75) is 53.0 Å². The number of rotatable bonds is 2. The summed E-state index contributed by atoms with van der Waals surface area (Å²) >= 11 is 0. The molecule has 0 heterocycles. The first-order chi connectivity index (χ1) is 4.22. The average molecular weight is 131 g/mol. The van der Waals surface area contributed by atoms with Crippen molar-refractivity contribution in [2.75, 3.05) is 0 Å². The van der Waals surface area contributed by atoms with E-state index >= 15 is 0 Å². The Morgan fingerprint density at radius 3 is 1.22 bits per heavy atom. The molecule has 0 aliphatic rings. The van der Waals surface area contributed by atoms with Crippen LogP contribution in [0.4, 0.5) is 0 Å². The Hall–Kier alpha value is -0.0400. The van der Waals surface area contributed by atoms with Gasteiger partial charge in [0, 0.05) is 6.04 Å². The van der Waals surface area contributed by atoms with E-state index in [1.807, 2.05) is 0 Å². The van der Waals surface area contributed by atoms with Gasteiger partial charge in [0.05, 0.1) is 0 Å². The molecule has 2 N–H and O–H groups in total. The van der Waals surface area contributed by atoms with Crippen molar-refractivity contribution in [1.82, 2.24) is 0 Å². The third kappa shape index (κ3) is 18.0. The highest BCUT2D eigenvalue weighted by atomic mass is 14.6. The summed E-state index contributed by atoms with van der Waals surface area (Å²) < 4.78 is 0. The van der Waals surface area contributed by atoms with Crippen LogP contribution in [0.25, 0.3) is 0 Å². The minimum atomic E-state index is 0.435. The third-order valence-electron chi connectivity index (χ3n) is 1.05. The Morgan fingerprint density at radius 2 is 1.22 bits per heavy atom. The Morgan fingerprint density at radius 1 is 1.00 bits per heavy atom. The highest BCUT2D eigenvalue weighted by Gasteiger charge is 1.88. The average Bonchev–Trinajstić information content (AvgIpc) is 1.88. The molecule has 0 aromatic heterocycles. The summed E-state index contributed by atoms with van der Waals surface area (Å²) in [7, 11) is 0. The largest absolute Gasteiger partial charge is 0.328 e. The third-order valence-corrected chi connectivity index (χ3v) is 1.05. The summed E-state index contributed by atoms with van der Waals surface area (Å²) in [5.41, 5.74) is 5.47. The van der Waals surface area contributed by atoms with Gasteiger partial charge in [-0.3, -0.25) is 0 Å². The van der Waals surface area contributed by atoms with Crippen LogP contribution >= 0.6 is 0 Å². The molecule has 0 saturated heterocycles. The molecule has 0 aliphatic carbocycles. The van der Waals surface area contributed by atoms with E-state index in [1.54, 1.807) is 0 Å². The molecular weight excluding hydrogens is 110 g/mol. The summed E-state index contributed by atoms with van der Waals surface area (Å²) in [6, 6.07) is 0.435. The van der Waals surface area contributed by atoms with Crippen molar-refractivity contribution in [3.05, 3.63) is 0 Å². The van der Waals surface area contributed by atoms with Crippen LogP contribution in [0.15, 0.2) is 0 Å². The van der Waals surface area contributed by atoms with Crippen LogP contribution in [0.2, 0.25) is 0 Å². The second kappa shape index (κ2) is 10.9. The molecule has 0 rings (SSSR count). The van der Waals surface area contributed by atoms with Gasteiger partial charge < -0.3 is 5.73 Å². The zero-order chi connectivity index (χ0) is 7.70. The summed E-state index contributed by atoms with van der Waals surface area (Å²) in [5, 5.41) is 0. The molecule has 58 valence electrons. The van der Waals surface area contributed by atoms with Gasteiger partial charge in [0.15, 0.2) is 0 Å². The topological polar surface area (TPSA) is 26.0 Å². The Bertz CT molecular complexity index is 31.5. The first kappa shape index (κ1) is 11.7. The van der Waals surface area contributed by atoms with Crippen molar-refractivity contribution < 1.29 is 0 Å². The van der Waals surface area contributed by atoms with Crippen molar-refractivity contribution in [3.8, 4) is 0 Å². The maximum absolute atomic E-state index is 5.47. The van der Waals surface area contributed by atoms with E-state index < -0.39 is 0 Å². The smallest absolute Gasteiger partial charge is 0.00335 e. The second-order valence-corrected chi connectivity index (χ2v) is 2.28. The van der Waals surface area contributed by atoms with Gasteiger partial charge in [0.25, 0.3) is 0 Å². The first-order valence-electron chi connectivity index (χ1n) is 3.98. The predicted octanol–water partition coefficient (Wildman–Crippen LogP) is 2.55. The molecule has 1 nitrogen and oxygen atoms in total. The van der Waals surface area contributed by atoms with Gasteiger partial charge in [-0.1, -0.05) is 34.1 Å². The van der Waals surface area contributed by atoms with Crippen LogP contribution in [0.5, 0.6) is 0 Å².